The third-order valence-corrected chi connectivity index (χ3v) is 7.99. The molecule has 0 saturated carbocycles. The van der Waals surface area contributed by atoms with Gasteiger partial charge in [-0.3, -0.25) is 5.41 Å². The van der Waals surface area contributed by atoms with Crippen molar-refractivity contribution in [2.75, 3.05) is 24.7 Å². The summed E-state index contributed by atoms with van der Waals surface area (Å²) in [5.41, 5.74) is -0.258. The van der Waals surface area contributed by atoms with E-state index >= 15 is 0 Å². The van der Waals surface area contributed by atoms with E-state index in [0.717, 1.165) is 38.3 Å². The molecule has 1 aliphatic heterocycles. The van der Waals surface area contributed by atoms with Crippen LogP contribution in [0.5, 0.6) is 5.75 Å². The Labute approximate surface area is 217 Å². The maximum Gasteiger partial charge on any atom is 0.432 e. The summed E-state index contributed by atoms with van der Waals surface area (Å²) in [4.78, 5) is 1.28. The van der Waals surface area contributed by atoms with Crippen molar-refractivity contribution in [3.05, 3.63) is 71.6 Å². The number of halogens is 3. The first-order valence-electron chi connectivity index (χ1n) is 11.5. The van der Waals surface area contributed by atoms with Crippen LogP contribution < -0.4 is 15.4 Å². The summed E-state index contributed by atoms with van der Waals surface area (Å²) in [7, 11) is -3.42. The van der Waals surface area contributed by atoms with E-state index in [1.807, 2.05) is 0 Å². The van der Waals surface area contributed by atoms with Crippen LogP contribution in [0.25, 0.3) is 16.1 Å². The Bertz CT molecular complexity index is 1410. The Kier molecular flexibility index (Phi) is 8.05. The summed E-state index contributed by atoms with van der Waals surface area (Å²) in [6, 6.07) is 16.7. The number of thiophene rings is 1. The van der Waals surface area contributed by atoms with Crippen LogP contribution in [0.3, 0.4) is 0 Å². The van der Waals surface area contributed by atoms with Gasteiger partial charge in [-0.2, -0.15) is 13.2 Å². The Morgan fingerprint density at radius 1 is 1.11 bits per heavy atom. The van der Waals surface area contributed by atoms with Gasteiger partial charge in [-0.05, 0) is 74.0 Å². The standard InChI is InChI=1S/C26H26F3N3O3S2/c1-37(33,34)21-7-2-4-17(14-21)23-8-9-24(36-23)22(16-25(30)26(27,28)29)32-18-5-3-6-20(15-18)35-19-10-12-31-13-11-19/h2-9,14-16,19,30-32H,10-13H2,1H3/b22-16-,30-25?. The van der Waals surface area contributed by atoms with Crippen LogP contribution in [0.4, 0.5) is 18.9 Å². The molecule has 0 spiro atoms. The lowest BCUT2D eigenvalue weighted by atomic mass is 10.1. The number of sulfone groups is 1. The molecule has 3 aromatic rings. The van der Waals surface area contributed by atoms with Crippen LogP contribution in [-0.2, 0) is 9.84 Å². The molecule has 0 unspecified atom stereocenters. The zero-order valence-corrected chi connectivity index (χ0v) is 21.6. The first-order chi connectivity index (χ1) is 17.5. The van der Waals surface area contributed by atoms with E-state index in [9.17, 15) is 21.6 Å². The molecule has 0 bridgehead atoms. The Morgan fingerprint density at radius 3 is 2.54 bits per heavy atom. The molecule has 37 heavy (non-hydrogen) atoms. The van der Waals surface area contributed by atoms with Crippen molar-refractivity contribution in [3.8, 4) is 16.2 Å². The van der Waals surface area contributed by atoms with Gasteiger partial charge in [0, 0.05) is 22.9 Å². The van der Waals surface area contributed by atoms with E-state index in [1.165, 1.54) is 23.5 Å². The first kappa shape index (κ1) is 26.9. The lowest BCUT2D eigenvalue weighted by Gasteiger charge is -2.24. The van der Waals surface area contributed by atoms with Crippen molar-refractivity contribution in [1.82, 2.24) is 5.32 Å². The van der Waals surface area contributed by atoms with Crippen LogP contribution >= 0.6 is 11.3 Å². The number of ether oxygens (including phenoxy) is 1. The number of alkyl halides is 3. The minimum absolute atomic E-state index is 0.0625. The second-order valence-corrected chi connectivity index (χ2v) is 11.8. The average Bonchev–Trinajstić information content (AvgIpc) is 3.34. The molecule has 0 amide bonds. The molecule has 3 N–H and O–H groups in total. The highest BCUT2D eigenvalue weighted by Gasteiger charge is 2.33. The molecule has 2 aromatic carbocycles. The lowest BCUT2D eigenvalue weighted by Crippen LogP contribution is -2.34. The summed E-state index contributed by atoms with van der Waals surface area (Å²) >= 11 is 1.19. The van der Waals surface area contributed by atoms with Crippen LogP contribution in [0.1, 0.15) is 17.7 Å². The zero-order valence-electron chi connectivity index (χ0n) is 19.9. The van der Waals surface area contributed by atoms with Gasteiger partial charge in [0.2, 0.25) is 0 Å². The number of anilines is 1. The highest BCUT2D eigenvalue weighted by atomic mass is 32.2. The molecule has 0 radical (unpaired) electrons. The summed E-state index contributed by atoms with van der Waals surface area (Å²) in [5.74, 6) is 0.603. The van der Waals surface area contributed by atoms with E-state index in [2.05, 4.69) is 10.6 Å². The van der Waals surface area contributed by atoms with Crippen molar-refractivity contribution in [3.63, 3.8) is 0 Å². The highest BCUT2D eigenvalue weighted by molar-refractivity contribution is 7.90. The molecule has 6 nitrogen and oxygen atoms in total. The van der Waals surface area contributed by atoms with E-state index in [1.54, 1.807) is 48.5 Å². The number of piperidine rings is 1. The van der Waals surface area contributed by atoms with Gasteiger partial charge in [-0.15, -0.1) is 11.3 Å². The second kappa shape index (κ2) is 11.1. The SMILES string of the molecule is CS(=O)(=O)c1cccc(-c2ccc(/C(=C/C(=N)C(F)(F)F)Nc3cccc(OC4CCNCC4)c3)s2)c1. The van der Waals surface area contributed by atoms with Crippen molar-refractivity contribution in [1.29, 1.82) is 5.41 Å². The third kappa shape index (κ3) is 7.21. The van der Waals surface area contributed by atoms with Gasteiger partial charge in [0.05, 0.1) is 15.5 Å². The molecule has 0 atom stereocenters. The second-order valence-electron chi connectivity index (χ2n) is 8.65. The summed E-state index contributed by atoms with van der Waals surface area (Å²) in [6.45, 7) is 1.73. The third-order valence-electron chi connectivity index (χ3n) is 5.71. The largest absolute Gasteiger partial charge is 0.490 e. The fourth-order valence-corrected chi connectivity index (χ4v) is 5.46. The van der Waals surface area contributed by atoms with Gasteiger partial charge >= 0.3 is 6.18 Å². The first-order valence-corrected chi connectivity index (χ1v) is 14.2. The van der Waals surface area contributed by atoms with E-state index in [0.29, 0.717) is 26.8 Å². The number of hydrogen-bond donors (Lipinski definition) is 3. The highest BCUT2D eigenvalue weighted by Crippen LogP contribution is 2.35. The Balaban J connectivity index is 1.63. The van der Waals surface area contributed by atoms with Crippen molar-refractivity contribution >= 4 is 38.3 Å². The van der Waals surface area contributed by atoms with Gasteiger partial charge in [0.15, 0.2) is 9.84 Å². The predicted molar refractivity (Wildman–Crippen MR) is 141 cm³/mol. The molecular formula is C26H26F3N3O3S2. The van der Waals surface area contributed by atoms with E-state index < -0.39 is 21.7 Å². The van der Waals surface area contributed by atoms with Gasteiger partial charge < -0.3 is 15.4 Å². The molecule has 11 heteroatoms. The number of benzene rings is 2. The summed E-state index contributed by atoms with van der Waals surface area (Å²) < 4.78 is 69.7. The smallest absolute Gasteiger partial charge is 0.432 e. The number of allylic oxidation sites excluding steroid dienone is 1. The average molecular weight is 550 g/mol. The molecule has 2 heterocycles. The monoisotopic (exact) mass is 549 g/mol. The van der Waals surface area contributed by atoms with Crippen LogP contribution in [0.15, 0.2) is 71.6 Å². The minimum Gasteiger partial charge on any atom is -0.490 e. The minimum atomic E-state index is -4.81. The molecule has 1 fully saturated rings. The summed E-state index contributed by atoms with van der Waals surface area (Å²) in [6.07, 6.45) is -1.15. The Morgan fingerprint density at radius 2 is 1.84 bits per heavy atom. The molecule has 4 rings (SSSR count). The summed E-state index contributed by atoms with van der Waals surface area (Å²) in [5, 5.41) is 13.8. The van der Waals surface area contributed by atoms with Crippen molar-refractivity contribution in [2.45, 2.75) is 30.0 Å². The van der Waals surface area contributed by atoms with E-state index in [-0.39, 0.29) is 16.7 Å². The fourth-order valence-electron chi connectivity index (χ4n) is 3.82. The predicted octanol–water partition coefficient (Wildman–Crippen LogP) is 5.98. The Hall–Kier alpha value is -3.15. The fraction of sp³-hybridized carbons (Fsp3) is 0.269. The normalized spacial score (nSPS) is 15.4. The molecular weight excluding hydrogens is 523 g/mol. The topological polar surface area (TPSA) is 91.3 Å². The van der Waals surface area contributed by atoms with Crippen molar-refractivity contribution < 1.29 is 26.3 Å². The van der Waals surface area contributed by atoms with Crippen LogP contribution in [0.2, 0.25) is 0 Å². The molecule has 196 valence electrons. The molecule has 1 aromatic heterocycles. The quantitative estimate of drug-likeness (QED) is 0.301. The van der Waals surface area contributed by atoms with Crippen LogP contribution in [-0.4, -0.2) is 45.8 Å². The van der Waals surface area contributed by atoms with Gasteiger partial charge in [0.1, 0.15) is 17.6 Å². The van der Waals surface area contributed by atoms with Gasteiger partial charge in [-0.25, -0.2) is 8.42 Å². The molecule has 1 aliphatic rings. The number of rotatable bonds is 8. The number of nitrogens with one attached hydrogen (secondary N) is 3. The zero-order chi connectivity index (χ0) is 26.6. The molecule has 0 aliphatic carbocycles. The maximum atomic E-state index is 13.2. The molecule has 1 saturated heterocycles. The van der Waals surface area contributed by atoms with Gasteiger partial charge in [0.25, 0.3) is 0 Å². The maximum absolute atomic E-state index is 13.2. The van der Waals surface area contributed by atoms with Crippen molar-refractivity contribution in [2.24, 2.45) is 0 Å². The van der Waals surface area contributed by atoms with E-state index in [4.69, 9.17) is 10.1 Å². The van der Waals surface area contributed by atoms with Gasteiger partial charge in [-0.1, -0.05) is 18.2 Å². The van der Waals surface area contributed by atoms with Crippen LogP contribution in [0, 0.1) is 5.41 Å². The lowest BCUT2D eigenvalue weighted by molar-refractivity contribution is -0.0583. The number of hydrogen-bond acceptors (Lipinski definition) is 7.